The Kier molecular flexibility index (Phi) is 4.27. The lowest BCUT2D eigenvalue weighted by Crippen LogP contribution is -2.33. The topological polar surface area (TPSA) is 12.0 Å². The van der Waals surface area contributed by atoms with E-state index >= 15 is 0 Å². The smallest absolute Gasteiger partial charge is 0.194 e. The zero-order valence-electron chi connectivity index (χ0n) is 10.5. The third kappa shape index (κ3) is 3.25. The molecular weight excluding hydrogens is 239 g/mol. The van der Waals surface area contributed by atoms with Gasteiger partial charge in [-0.3, -0.25) is 0 Å². The molecule has 0 aliphatic heterocycles. The van der Waals surface area contributed by atoms with Crippen LogP contribution in [0.1, 0.15) is 38.2 Å². The molecule has 0 amide bonds. The maximum Gasteiger partial charge on any atom is 0.194 e. The number of hydrogen-bond donors (Lipinski definition) is 1. The molecule has 1 saturated carbocycles. The molecule has 1 aliphatic rings. The molecule has 0 radical (unpaired) electrons. The van der Waals surface area contributed by atoms with Gasteiger partial charge in [0.1, 0.15) is 0 Å². The Hall–Kier alpha value is -1.03. The lowest BCUT2D eigenvalue weighted by molar-refractivity contribution is 0.300. The van der Waals surface area contributed by atoms with Crippen LogP contribution in [0.2, 0.25) is 0 Å². The molecule has 0 bridgehead atoms. The van der Waals surface area contributed by atoms with Gasteiger partial charge in [-0.2, -0.15) is 0 Å². The highest BCUT2D eigenvalue weighted by Crippen LogP contribution is 2.24. The van der Waals surface area contributed by atoms with Crippen LogP contribution in [0.4, 0.5) is 13.2 Å². The van der Waals surface area contributed by atoms with E-state index in [1.54, 1.807) is 0 Å². The summed E-state index contributed by atoms with van der Waals surface area (Å²) in [6, 6.07) is 2.50. The monoisotopic (exact) mass is 257 g/mol. The van der Waals surface area contributed by atoms with Crippen molar-refractivity contribution in [3.05, 3.63) is 35.1 Å². The number of halogens is 3. The molecule has 0 spiro atoms. The van der Waals surface area contributed by atoms with Gasteiger partial charge in [-0.15, -0.1) is 0 Å². The molecule has 1 fully saturated rings. The molecular formula is C14H18F3N. The Bertz CT molecular complexity index is 396. The van der Waals surface area contributed by atoms with E-state index in [9.17, 15) is 13.2 Å². The van der Waals surface area contributed by atoms with Crippen molar-refractivity contribution in [3.8, 4) is 0 Å². The molecule has 0 saturated heterocycles. The Morgan fingerprint density at radius 1 is 1.17 bits per heavy atom. The van der Waals surface area contributed by atoms with Crippen LogP contribution in [-0.2, 0) is 6.54 Å². The summed E-state index contributed by atoms with van der Waals surface area (Å²) in [6.07, 6.45) is 4.62. The van der Waals surface area contributed by atoms with Gasteiger partial charge in [0.15, 0.2) is 17.5 Å². The quantitative estimate of drug-likeness (QED) is 0.813. The third-order valence-electron chi connectivity index (χ3n) is 3.57. The Morgan fingerprint density at radius 3 is 2.44 bits per heavy atom. The van der Waals surface area contributed by atoms with Crippen LogP contribution in [0, 0.1) is 23.4 Å². The molecule has 18 heavy (non-hydrogen) atoms. The van der Waals surface area contributed by atoms with Crippen molar-refractivity contribution in [2.45, 2.75) is 45.2 Å². The highest BCUT2D eigenvalue weighted by Gasteiger charge is 2.18. The minimum absolute atomic E-state index is 0.380. The fourth-order valence-corrected chi connectivity index (χ4v) is 2.59. The molecule has 2 rings (SSSR count). The Labute approximate surface area is 105 Å². The van der Waals surface area contributed by atoms with Gasteiger partial charge in [0.05, 0.1) is 0 Å². The third-order valence-corrected chi connectivity index (χ3v) is 3.57. The SMILES string of the molecule is CC1CCCC(NCc2cc(F)c(F)c(F)c2)C1. The summed E-state index contributed by atoms with van der Waals surface area (Å²) >= 11 is 0. The minimum Gasteiger partial charge on any atom is -0.310 e. The number of benzene rings is 1. The second-order valence-electron chi connectivity index (χ2n) is 5.22. The Morgan fingerprint density at radius 2 is 1.83 bits per heavy atom. The van der Waals surface area contributed by atoms with Crippen molar-refractivity contribution in [3.63, 3.8) is 0 Å². The normalized spacial score (nSPS) is 24.2. The van der Waals surface area contributed by atoms with E-state index in [-0.39, 0.29) is 0 Å². The summed E-state index contributed by atoms with van der Waals surface area (Å²) < 4.78 is 38.8. The average Bonchev–Trinajstić information content (AvgIpc) is 2.33. The van der Waals surface area contributed by atoms with Gasteiger partial charge in [-0.25, -0.2) is 13.2 Å². The predicted molar refractivity (Wildman–Crippen MR) is 64.6 cm³/mol. The van der Waals surface area contributed by atoms with E-state index in [4.69, 9.17) is 0 Å². The summed E-state index contributed by atoms with van der Waals surface area (Å²) in [4.78, 5) is 0. The number of rotatable bonds is 3. The summed E-state index contributed by atoms with van der Waals surface area (Å²) in [5.41, 5.74) is 0.449. The van der Waals surface area contributed by atoms with Crippen molar-refractivity contribution >= 4 is 0 Å². The molecule has 0 aromatic heterocycles. The van der Waals surface area contributed by atoms with Crippen molar-refractivity contribution in [1.82, 2.24) is 5.32 Å². The van der Waals surface area contributed by atoms with Crippen molar-refractivity contribution in [2.24, 2.45) is 5.92 Å². The lowest BCUT2D eigenvalue weighted by Gasteiger charge is -2.27. The fraction of sp³-hybridized carbons (Fsp3) is 0.571. The lowest BCUT2D eigenvalue weighted by atomic mass is 9.87. The van der Waals surface area contributed by atoms with Gasteiger partial charge in [-0.1, -0.05) is 19.8 Å². The van der Waals surface area contributed by atoms with Crippen molar-refractivity contribution in [1.29, 1.82) is 0 Å². The molecule has 1 aliphatic carbocycles. The second kappa shape index (κ2) is 5.74. The molecule has 0 heterocycles. The molecule has 1 nitrogen and oxygen atoms in total. The minimum atomic E-state index is -1.40. The molecule has 2 atom stereocenters. The summed E-state index contributed by atoms with van der Waals surface area (Å²) in [5, 5.41) is 3.29. The first-order valence-corrected chi connectivity index (χ1v) is 6.43. The molecule has 4 heteroatoms. The molecule has 100 valence electrons. The largest absolute Gasteiger partial charge is 0.310 e. The maximum atomic E-state index is 13.0. The van der Waals surface area contributed by atoms with Crippen LogP contribution in [0.3, 0.4) is 0 Å². The first-order valence-electron chi connectivity index (χ1n) is 6.43. The zero-order valence-corrected chi connectivity index (χ0v) is 10.5. The van der Waals surface area contributed by atoms with Gasteiger partial charge in [0, 0.05) is 12.6 Å². The van der Waals surface area contributed by atoms with Crippen LogP contribution in [0.5, 0.6) is 0 Å². The second-order valence-corrected chi connectivity index (χ2v) is 5.22. The predicted octanol–water partition coefficient (Wildman–Crippen LogP) is 3.77. The van der Waals surface area contributed by atoms with E-state index in [1.165, 1.54) is 12.8 Å². The zero-order chi connectivity index (χ0) is 13.1. The summed E-state index contributed by atoms with van der Waals surface area (Å²) in [5.74, 6) is -2.95. The van der Waals surface area contributed by atoms with Gasteiger partial charge in [-0.05, 0) is 36.5 Å². The first-order chi connectivity index (χ1) is 8.56. The first kappa shape index (κ1) is 13.4. The maximum absolute atomic E-state index is 13.0. The van der Waals surface area contributed by atoms with E-state index in [2.05, 4.69) is 12.2 Å². The van der Waals surface area contributed by atoms with E-state index in [1.807, 2.05) is 0 Å². The highest BCUT2D eigenvalue weighted by molar-refractivity contribution is 5.19. The van der Waals surface area contributed by atoms with E-state index < -0.39 is 17.5 Å². The molecule has 1 aromatic rings. The molecule has 1 aromatic carbocycles. The Balaban J connectivity index is 1.94. The van der Waals surface area contributed by atoms with E-state index in [0.29, 0.717) is 24.1 Å². The summed E-state index contributed by atoms with van der Waals surface area (Å²) in [7, 11) is 0. The van der Waals surface area contributed by atoms with Crippen molar-refractivity contribution in [2.75, 3.05) is 0 Å². The fourth-order valence-electron chi connectivity index (χ4n) is 2.59. The van der Waals surface area contributed by atoms with Crippen LogP contribution in [0.25, 0.3) is 0 Å². The van der Waals surface area contributed by atoms with Gasteiger partial charge < -0.3 is 5.32 Å². The van der Waals surface area contributed by atoms with Crippen molar-refractivity contribution < 1.29 is 13.2 Å². The van der Waals surface area contributed by atoms with Crippen LogP contribution in [-0.4, -0.2) is 6.04 Å². The highest BCUT2D eigenvalue weighted by atomic mass is 19.2. The van der Waals surface area contributed by atoms with Crippen LogP contribution < -0.4 is 5.32 Å². The molecule has 2 unspecified atom stereocenters. The average molecular weight is 257 g/mol. The van der Waals surface area contributed by atoms with Gasteiger partial charge in [0.25, 0.3) is 0 Å². The van der Waals surface area contributed by atoms with Crippen LogP contribution in [0.15, 0.2) is 12.1 Å². The van der Waals surface area contributed by atoms with Crippen LogP contribution >= 0.6 is 0 Å². The number of hydrogen-bond acceptors (Lipinski definition) is 1. The summed E-state index contributed by atoms with van der Waals surface area (Å²) in [6.45, 7) is 2.59. The standard InChI is InChI=1S/C14H18F3N/c1-9-3-2-4-11(5-9)18-8-10-6-12(15)14(17)13(16)7-10/h6-7,9,11,18H,2-5,8H2,1H3. The van der Waals surface area contributed by atoms with Gasteiger partial charge >= 0.3 is 0 Å². The number of nitrogens with one attached hydrogen (secondary N) is 1. The van der Waals surface area contributed by atoms with Gasteiger partial charge in [0.2, 0.25) is 0 Å². The molecule has 1 N–H and O–H groups in total. The van der Waals surface area contributed by atoms with E-state index in [0.717, 1.165) is 25.0 Å².